The first-order valence-electron chi connectivity index (χ1n) is 7.95. The van der Waals surface area contributed by atoms with Crippen molar-refractivity contribution >= 4 is 29.2 Å². The molecule has 138 valence electrons. The average molecular weight is 382 g/mol. The van der Waals surface area contributed by atoms with Crippen LogP contribution in [0.2, 0.25) is 5.02 Å². The first kappa shape index (κ1) is 19.8. The fraction of sp³-hybridized carbons (Fsp3) is 0.263. The molecular formula is C19H18ClF2NO3. The van der Waals surface area contributed by atoms with E-state index in [1.807, 2.05) is 12.1 Å². The summed E-state index contributed by atoms with van der Waals surface area (Å²) in [4.78, 5) is 24.2. The van der Waals surface area contributed by atoms with Gasteiger partial charge in [0.15, 0.2) is 17.7 Å². The quantitative estimate of drug-likeness (QED) is 0.590. The topological polar surface area (TPSA) is 55.4 Å². The van der Waals surface area contributed by atoms with Gasteiger partial charge in [-0.2, -0.15) is 0 Å². The molecule has 2 rings (SSSR count). The summed E-state index contributed by atoms with van der Waals surface area (Å²) in [6.45, 7) is 5.47. The Bertz CT molecular complexity index is 822. The van der Waals surface area contributed by atoms with Crippen LogP contribution < -0.4 is 5.32 Å². The van der Waals surface area contributed by atoms with Crippen molar-refractivity contribution in [3.8, 4) is 0 Å². The SMILES string of the molecule is CC(OC(=O)c1cc(F)c(F)cc1Cl)C(=O)Nc1ccc(C(C)C)cc1. The van der Waals surface area contributed by atoms with E-state index in [1.54, 1.807) is 12.1 Å². The minimum Gasteiger partial charge on any atom is -0.449 e. The zero-order chi connectivity index (χ0) is 19.4. The highest BCUT2D eigenvalue weighted by Crippen LogP contribution is 2.22. The number of rotatable bonds is 5. The number of hydrogen-bond donors (Lipinski definition) is 1. The van der Waals surface area contributed by atoms with Gasteiger partial charge in [0.25, 0.3) is 5.91 Å². The zero-order valence-electron chi connectivity index (χ0n) is 14.5. The number of carbonyl (C=O) groups is 2. The first-order chi connectivity index (χ1) is 12.2. The number of esters is 1. The molecule has 2 aromatic carbocycles. The Balaban J connectivity index is 2.02. The number of hydrogen-bond acceptors (Lipinski definition) is 3. The van der Waals surface area contributed by atoms with Gasteiger partial charge in [-0.05, 0) is 42.7 Å². The van der Waals surface area contributed by atoms with E-state index >= 15 is 0 Å². The summed E-state index contributed by atoms with van der Waals surface area (Å²) in [6, 6.07) is 8.57. The van der Waals surface area contributed by atoms with Gasteiger partial charge in [-0.15, -0.1) is 0 Å². The average Bonchev–Trinajstić information content (AvgIpc) is 2.58. The van der Waals surface area contributed by atoms with E-state index in [4.69, 9.17) is 16.3 Å². The Morgan fingerprint density at radius 2 is 1.62 bits per heavy atom. The molecule has 0 saturated heterocycles. The molecule has 0 aromatic heterocycles. The molecule has 7 heteroatoms. The molecule has 1 atom stereocenters. The van der Waals surface area contributed by atoms with Gasteiger partial charge in [0.2, 0.25) is 0 Å². The molecule has 0 aliphatic heterocycles. The maximum Gasteiger partial charge on any atom is 0.340 e. The van der Waals surface area contributed by atoms with E-state index in [2.05, 4.69) is 19.2 Å². The molecule has 1 unspecified atom stereocenters. The Labute approximate surface area is 155 Å². The molecule has 0 radical (unpaired) electrons. The van der Waals surface area contributed by atoms with Gasteiger partial charge < -0.3 is 10.1 Å². The molecule has 0 heterocycles. The number of nitrogens with one attached hydrogen (secondary N) is 1. The van der Waals surface area contributed by atoms with Crippen molar-refractivity contribution in [1.29, 1.82) is 0 Å². The molecule has 4 nitrogen and oxygen atoms in total. The van der Waals surface area contributed by atoms with Crippen LogP contribution in [0, 0.1) is 11.6 Å². The maximum atomic E-state index is 13.3. The highest BCUT2D eigenvalue weighted by molar-refractivity contribution is 6.33. The summed E-state index contributed by atoms with van der Waals surface area (Å²) in [5.41, 5.74) is 1.31. The third kappa shape index (κ3) is 4.79. The van der Waals surface area contributed by atoms with Crippen LogP contribution >= 0.6 is 11.6 Å². The van der Waals surface area contributed by atoms with Crippen molar-refractivity contribution in [2.45, 2.75) is 32.8 Å². The van der Waals surface area contributed by atoms with Gasteiger partial charge in [0.05, 0.1) is 10.6 Å². The van der Waals surface area contributed by atoms with Gasteiger partial charge in [-0.1, -0.05) is 37.6 Å². The molecule has 2 aromatic rings. The summed E-state index contributed by atoms with van der Waals surface area (Å²) >= 11 is 5.72. The molecule has 1 N–H and O–H groups in total. The highest BCUT2D eigenvalue weighted by Gasteiger charge is 2.22. The predicted octanol–water partition coefficient (Wildman–Crippen LogP) is 4.93. The first-order valence-corrected chi connectivity index (χ1v) is 8.33. The van der Waals surface area contributed by atoms with Crippen molar-refractivity contribution in [3.63, 3.8) is 0 Å². The smallest absolute Gasteiger partial charge is 0.340 e. The van der Waals surface area contributed by atoms with Gasteiger partial charge in [0, 0.05) is 5.69 Å². The standard InChI is InChI=1S/C19H18ClF2NO3/c1-10(2)12-4-6-13(7-5-12)23-18(24)11(3)26-19(25)14-8-16(21)17(22)9-15(14)20/h4-11H,1-3H3,(H,23,24). The van der Waals surface area contributed by atoms with Gasteiger partial charge >= 0.3 is 5.97 Å². The molecule has 0 aliphatic carbocycles. The van der Waals surface area contributed by atoms with Gasteiger partial charge in [-0.25, -0.2) is 13.6 Å². The lowest BCUT2D eigenvalue weighted by molar-refractivity contribution is -0.123. The van der Waals surface area contributed by atoms with Crippen LogP contribution in [0.1, 0.15) is 42.6 Å². The number of amides is 1. The minimum absolute atomic E-state index is 0.300. The van der Waals surface area contributed by atoms with Gasteiger partial charge in [0.1, 0.15) is 0 Å². The van der Waals surface area contributed by atoms with Crippen molar-refractivity contribution in [1.82, 2.24) is 0 Å². The zero-order valence-corrected chi connectivity index (χ0v) is 15.2. The summed E-state index contributed by atoms with van der Waals surface area (Å²) in [6.07, 6.45) is -1.16. The van der Waals surface area contributed by atoms with Crippen molar-refractivity contribution < 1.29 is 23.1 Å². The molecule has 26 heavy (non-hydrogen) atoms. The Morgan fingerprint density at radius 3 is 2.19 bits per heavy atom. The second-order valence-electron chi connectivity index (χ2n) is 6.06. The number of anilines is 1. The molecule has 0 fully saturated rings. The lowest BCUT2D eigenvalue weighted by atomic mass is 10.0. The van der Waals surface area contributed by atoms with Crippen LogP contribution in [0.25, 0.3) is 0 Å². The van der Waals surface area contributed by atoms with Crippen LogP contribution in [-0.4, -0.2) is 18.0 Å². The number of ether oxygens (including phenoxy) is 1. The third-order valence-corrected chi connectivity index (χ3v) is 4.04. The largest absolute Gasteiger partial charge is 0.449 e. The van der Waals surface area contributed by atoms with Crippen molar-refractivity contribution in [2.24, 2.45) is 0 Å². The van der Waals surface area contributed by atoms with E-state index in [-0.39, 0.29) is 10.6 Å². The molecule has 0 aliphatic rings. The van der Waals surface area contributed by atoms with E-state index in [0.29, 0.717) is 23.7 Å². The second kappa shape index (κ2) is 8.27. The number of carbonyl (C=O) groups excluding carboxylic acids is 2. The Hall–Kier alpha value is -2.47. The lowest BCUT2D eigenvalue weighted by Crippen LogP contribution is -2.30. The molecule has 0 bridgehead atoms. The second-order valence-corrected chi connectivity index (χ2v) is 6.47. The van der Waals surface area contributed by atoms with E-state index in [0.717, 1.165) is 5.56 Å². The summed E-state index contributed by atoms with van der Waals surface area (Å²) in [5.74, 6) is -3.63. The Kier molecular flexibility index (Phi) is 6.32. The molecule has 0 spiro atoms. The predicted molar refractivity (Wildman–Crippen MR) is 95.4 cm³/mol. The van der Waals surface area contributed by atoms with Crippen LogP contribution in [0.4, 0.5) is 14.5 Å². The fourth-order valence-corrected chi connectivity index (χ4v) is 2.38. The summed E-state index contributed by atoms with van der Waals surface area (Å²) in [5, 5.41) is 2.32. The highest BCUT2D eigenvalue weighted by atomic mass is 35.5. The maximum absolute atomic E-state index is 13.3. The number of halogens is 3. The van der Waals surface area contributed by atoms with Crippen LogP contribution in [0.5, 0.6) is 0 Å². The normalized spacial score (nSPS) is 12.0. The van der Waals surface area contributed by atoms with Crippen LogP contribution in [-0.2, 0) is 9.53 Å². The molecule has 1 amide bonds. The van der Waals surface area contributed by atoms with E-state index < -0.39 is 29.6 Å². The van der Waals surface area contributed by atoms with Crippen molar-refractivity contribution in [2.75, 3.05) is 5.32 Å². The molecule has 0 saturated carbocycles. The lowest BCUT2D eigenvalue weighted by Gasteiger charge is -2.15. The van der Waals surface area contributed by atoms with Gasteiger partial charge in [-0.3, -0.25) is 4.79 Å². The minimum atomic E-state index is -1.23. The summed E-state index contributed by atoms with van der Waals surface area (Å²) < 4.78 is 31.3. The van der Waals surface area contributed by atoms with Crippen LogP contribution in [0.3, 0.4) is 0 Å². The molecular weight excluding hydrogens is 364 g/mol. The van der Waals surface area contributed by atoms with Crippen LogP contribution in [0.15, 0.2) is 36.4 Å². The third-order valence-electron chi connectivity index (χ3n) is 3.73. The monoisotopic (exact) mass is 381 g/mol. The van der Waals surface area contributed by atoms with E-state index in [9.17, 15) is 18.4 Å². The van der Waals surface area contributed by atoms with Crippen molar-refractivity contribution in [3.05, 3.63) is 64.2 Å². The Morgan fingerprint density at radius 1 is 1.04 bits per heavy atom. The summed E-state index contributed by atoms with van der Waals surface area (Å²) in [7, 11) is 0. The number of benzene rings is 2. The fourth-order valence-electron chi connectivity index (χ4n) is 2.15. The van der Waals surface area contributed by atoms with E-state index in [1.165, 1.54) is 6.92 Å².